The molecular weight excluding hydrogens is 376 g/mol. The van der Waals surface area contributed by atoms with Gasteiger partial charge in [0.25, 0.3) is 0 Å². The lowest BCUT2D eigenvalue weighted by Crippen LogP contribution is -2.23. The number of nitriles is 1. The van der Waals surface area contributed by atoms with Crippen LogP contribution in [0.1, 0.15) is 61.6 Å². The molecule has 1 aliphatic rings. The first-order valence-electron chi connectivity index (χ1n) is 10.5. The number of anilines is 2. The average Bonchev–Trinajstić information content (AvgIpc) is 3.43. The Balaban J connectivity index is 1.38. The van der Waals surface area contributed by atoms with Crippen molar-refractivity contribution in [2.45, 2.75) is 51.6 Å². The lowest BCUT2D eigenvalue weighted by molar-refractivity contribution is 0.241. The van der Waals surface area contributed by atoms with E-state index in [1.165, 1.54) is 6.42 Å². The Morgan fingerprint density at radius 1 is 1.17 bits per heavy atom. The normalized spacial score (nSPS) is 16.5. The van der Waals surface area contributed by atoms with E-state index >= 15 is 0 Å². The van der Waals surface area contributed by atoms with Crippen molar-refractivity contribution in [2.75, 3.05) is 11.9 Å². The first-order valence-corrected chi connectivity index (χ1v) is 10.5. The molecule has 0 aliphatic carbocycles. The minimum Gasteiger partial charge on any atom is -0.345 e. The Morgan fingerprint density at radius 3 is 2.83 bits per heavy atom. The molecule has 4 heterocycles. The number of H-pyrrole nitrogens is 1. The van der Waals surface area contributed by atoms with Gasteiger partial charge in [0.2, 0.25) is 0 Å². The van der Waals surface area contributed by atoms with Gasteiger partial charge in [-0.3, -0.25) is 9.88 Å². The summed E-state index contributed by atoms with van der Waals surface area (Å²) >= 11 is 0. The molecule has 1 fully saturated rings. The molecule has 0 bridgehead atoms. The molecule has 0 radical (unpaired) electrons. The van der Waals surface area contributed by atoms with Gasteiger partial charge in [-0.1, -0.05) is 13.3 Å². The average molecular weight is 403 g/mol. The third kappa shape index (κ3) is 4.81. The zero-order chi connectivity index (χ0) is 20.8. The molecule has 30 heavy (non-hydrogen) atoms. The van der Waals surface area contributed by atoms with E-state index in [-0.39, 0.29) is 6.04 Å². The summed E-state index contributed by atoms with van der Waals surface area (Å²) in [5.74, 6) is 1.74. The number of aryl methyl sites for hydroxylation is 1. The van der Waals surface area contributed by atoms with Gasteiger partial charge in [0.05, 0.1) is 36.0 Å². The number of nitrogens with one attached hydrogen (secondary N) is 2. The van der Waals surface area contributed by atoms with E-state index in [0.717, 1.165) is 61.7 Å². The topological polar surface area (TPSA) is 106 Å². The maximum absolute atomic E-state index is 8.84. The Hall–Kier alpha value is -3.31. The minimum atomic E-state index is 0.269. The molecule has 154 valence electrons. The maximum atomic E-state index is 8.84. The fourth-order valence-electron chi connectivity index (χ4n) is 3.78. The fraction of sp³-hybridized carbons (Fsp3) is 0.409. The van der Waals surface area contributed by atoms with Crippen LogP contribution in [0, 0.1) is 11.3 Å². The van der Waals surface area contributed by atoms with E-state index in [2.05, 4.69) is 42.1 Å². The number of pyridine rings is 1. The van der Waals surface area contributed by atoms with Crippen molar-refractivity contribution in [3.05, 3.63) is 59.8 Å². The molecule has 1 saturated heterocycles. The van der Waals surface area contributed by atoms with Gasteiger partial charge in [0.1, 0.15) is 23.4 Å². The van der Waals surface area contributed by atoms with Gasteiger partial charge in [-0.2, -0.15) is 5.26 Å². The summed E-state index contributed by atoms with van der Waals surface area (Å²) in [6.45, 7) is 4.09. The molecule has 0 unspecified atom stereocenters. The lowest BCUT2D eigenvalue weighted by Gasteiger charge is -2.23. The van der Waals surface area contributed by atoms with Crippen LogP contribution in [0.2, 0.25) is 0 Å². The molecule has 8 nitrogen and oxygen atoms in total. The van der Waals surface area contributed by atoms with Crippen molar-refractivity contribution in [2.24, 2.45) is 0 Å². The number of rotatable bonds is 8. The fourth-order valence-corrected chi connectivity index (χ4v) is 3.78. The van der Waals surface area contributed by atoms with Crippen molar-refractivity contribution in [3.63, 3.8) is 0 Å². The third-order valence-corrected chi connectivity index (χ3v) is 5.35. The van der Waals surface area contributed by atoms with E-state index in [1.54, 1.807) is 24.5 Å². The predicted octanol–water partition coefficient (Wildman–Crippen LogP) is 3.89. The van der Waals surface area contributed by atoms with Crippen LogP contribution < -0.4 is 5.32 Å². The second-order valence-corrected chi connectivity index (χ2v) is 7.58. The van der Waals surface area contributed by atoms with Crippen LogP contribution in [0.5, 0.6) is 0 Å². The number of nitrogens with zero attached hydrogens (tertiary/aromatic N) is 6. The quantitative estimate of drug-likeness (QED) is 0.589. The standard InChI is InChI=1S/C22H26N8/c1-2-3-6-21-26-12-18(29-21)15-30-9-4-5-20(30)19-13-27-22(14-25-19)28-17-8-7-16(10-23)24-11-17/h7-8,11-14,20H,2-6,9,15H2,1H3,(H,26,29)(H,27,28)/t20-/m1/s1. The van der Waals surface area contributed by atoms with Crippen LogP contribution in [-0.4, -0.2) is 36.4 Å². The Morgan fingerprint density at radius 2 is 2.10 bits per heavy atom. The summed E-state index contributed by atoms with van der Waals surface area (Å²) < 4.78 is 0. The summed E-state index contributed by atoms with van der Waals surface area (Å²) in [7, 11) is 0. The van der Waals surface area contributed by atoms with Crippen molar-refractivity contribution in [3.8, 4) is 6.07 Å². The number of aromatic amines is 1. The van der Waals surface area contributed by atoms with Crippen LogP contribution in [0.25, 0.3) is 0 Å². The largest absolute Gasteiger partial charge is 0.345 e. The molecule has 3 aromatic heterocycles. The molecule has 0 saturated carbocycles. The van der Waals surface area contributed by atoms with Gasteiger partial charge in [-0.25, -0.2) is 15.0 Å². The van der Waals surface area contributed by atoms with Crippen molar-refractivity contribution in [1.82, 2.24) is 29.8 Å². The highest BCUT2D eigenvalue weighted by Crippen LogP contribution is 2.32. The van der Waals surface area contributed by atoms with Crippen molar-refractivity contribution >= 4 is 11.5 Å². The van der Waals surface area contributed by atoms with Crippen LogP contribution in [-0.2, 0) is 13.0 Å². The Labute approximate surface area is 176 Å². The Bertz CT molecular complexity index is 987. The van der Waals surface area contributed by atoms with Crippen LogP contribution >= 0.6 is 0 Å². The second kappa shape index (κ2) is 9.46. The molecular formula is C22H26N8. The highest BCUT2D eigenvalue weighted by molar-refractivity contribution is 5.54. The Kier molecular flexibility index (Phi) is 6.30. The number of imidazole rings is 1. The molecule has 0 spiro atoms. The first-order chi connectivity index (χ1) is 14.7. The molecule has 8 heteroatoms. The molecule has 1 atom stereocenters. The smallest absolute Gasteiger partial charge is 0.148 e. The molecule has 0 amide bonds. The number of hydrogen-bond donors (Lipinski definition) is 2. The molecule has 3 aromatic rings. The van der Waals surface area contributed by atoms with Gasteiger partial charge in [0.15, 0.2) is 0 Å². The first kappa shape index (κ1) is 20.0. The highest BCUT2D eigenvalue weighted by atomic mass is 15.2. The third-order valence-electron chi connectivity index (χ3n) is 5.35. The van der Waals surface area contributed by atoms with E-state index in [0.29, 0.717) is 11.5 Å². The number of hydrogen-bond acceptors (Lipinski definition) is 7. The minimum absolute atomic E-state index is 0.269. The summed E-state index contributed by atoms with van der Waals surface area (Å²) in [6.07, 6.45) is 12.8. The summed E-state index contributed by atoms with van der Waals surface area (Å²) in [5, 5.41) is 12.0. The number of likely N-dealkylation sites (tertiary alicyclic amines) is 1. The van der Waals surface area contributed by atoms with Crippen molar-refractivity contribution in [1.29, 1.82) is 5.26 Å². The van der Waals surface area contributed by atoms with Crippen LogP contribution in [0.3, 0.4) is 0 Å². The highest BCUT2D eigenvalue weighted by Gasteiger charge is 2.27. The van der Waals surface area contributed by atoms with Gasteiger partial charge < -0.3 is 10.3 Å². The SMILES string of the molecule is CCCCc1ncc(CN2CCC[C@@H]2c2cnc(Nc3ccc(C#N)nc3)cn2)[nH]1. The van der Waals surface area contributed by atoms with Gasteiger partial charge >= 0.3 is 0 Å². The number of unbranched alkanes of at least 4 members (excludes halogenated alkanes) is 1. The molecule has 1 aliphatic heterocycles. The predicted molar refractivity (Wildman–Crippen MR) is 114 cm³/mol. The summed E-state index contributed by atoms with van der Waals surface area (Å²) in [5.41, 5.74) is 3.31. The van der Waals surface area contributed by atoms with E-state index in [4.69, 9.17) is 5.26 Å². The second-order valence-electron chi connectivity index (χ2n) is 7.58. The molecule has 4 rings (SSSR count). The van der Waals surface area contributed by atoms with Crippen LogP contribution in [0.4, 0.5) is 11.5 Å². The summed E-state index contributed by atoms with van der Waals surface area (Å²) in [4.78, 5) is 23.7. The van der Waals surface area contributed by atoms with Gasteiger partial charge in [-0.15, -0.1) is 0 Å². The summed E-state index contributed by atoms with van der Waals surface area (Å²) in [6, 6.07) is 5.75. The van der Waals surface area contributed by atoms with E-state index in [9.17, 15) is 0 Å². The monoisotopic (exact) mass is 402 g/mol. The lowest BCUT2D eigenvalue weighted by atomic mass is 10.1. The van der Waals surface area contributed by atoms with Gasteiger partial charge in [-0.05, 0) is 37.9 Å². The van der Waals surface area contributed by atoms with Crippen LogP contribution in [0.15, 0.2) is 36.9 Å². The van der Waals surface area contributed by atoms with E-state index in [1.807, 2.05) is 18.5 Å². The van der Waals surface area contributed by atoms with Gasteiger partial charge in [0, 0.05) is 24.9 Å². The van der Waals surface area contributed by atoms with Crippen molar-refractivity contribution < 1.29 is 0 Å². The maximum Gasteiger partial charge on any atom is 0.148 e. The van der Waals surface area contributed by atoms with E-state index < -0.39 is 0 Å². The molecule has 2 N–H and O–H groups in total. The zero-order valence-electron chi connectivity index (χ0n) is 17.2. The zero-order valence-corrected chi connectivity index (χ0v) is 17.2. The number of aromatic nitrogens is 5. The molecule has 0 aromatic carbocycles.